The van der Waals surface area contributed by atoms with Crippen LogP contribution < -0.4 is 0 Å². The van der Waals surface area contributed by atoms with Crippen LogP contribution in [0, 0.1) is 10.1 Å². The van der Waals surface area contributed by atoms with E-state index in [-0.39, 0.29) is 18.0 Å². The van der Waals surface area contributed by atoms with Crippen molar-refractivity contribution in [1.29, 1.82) is 0 Å². The van der Waals surface area contributed by atoms with Crippen LogP contribution in [0.25, 0.3) is 0 Å². The van der Waals surface area contributed by atoms with Crippen molar-refractivity contribution in [2.45, 2.75) is 6.18 Å². The molecule has 0 aliphatic carbocycles. The lowest BCUT2D eigenvalue weighted by molar-refractivity contribution is -0.384. The smallest absolute Gasteiger partial charge is 0.468 e. The Morgan fingerprint density at radius 3 is 2.42 bits per heavy atom. The summed E-state index contributed by atoms with van der Waals surface area (Å²) in [5.74, 6) is -1.43. The van der Waals surface area contributed by atoms with E-state index in [1.807, 2.05) is 0 Å². The van der Waals surface area contributed by atoms with Crippen molar-refractivity contribution in [3.05, 3.63) is 47.0 Å². The van der Waals surface area contributed by atoms with E-state index in [0.29, 0.717) is 0 Å². The van der Waals surface area contributed by atoms with Crippen molar-refractivity contribution in [2.24, 2.45) is 4.99 Å². The highest BCUT2D eigenvalue weighted by Crippen LogP contribution is 2.24. The second-order valence-electron chi connectivity index (χ2n) is 3.29. The summed E-state index contributed by atoms with van der Waals surface area (Å²) in [4.78, 5) is 13.0. The number of halogens is 3. The third kappa shape index (κ3) is 4.41. The normalized spacial score (nSPS) is 12.1. The van der Waals surface area contributed by atoms with Crippen LogP contribution in [0.5, 0.6) is 0 Å². The average Bonchev–Trinajstić information content (AvgIpc) is 2.33. The van der Waals surface area contributed by atoms with Crippen molar-refractivity contribution >= 4 is 17.3 Å². The molecule has 1 aromatic carbocycles. The van der Waals surface area contributed by atoms with Crippen LogP contribution in [-0.2, 0) is 4.74 Å². The Morgan fingerprint density at radius 2 is 2.00 bits per heavy atom. The van der Waals surface area contributed by atoms with E-state index in [1.165, 1.54) is 0 Å². The van der Waals surface area contributed by atoms with Gasteiger partial charge in [0.05, 0.1) is 10.6 Å². The van der Waals surface area contributed by atoms with E-state index in [9.17, 15) is 23.3 Å². The third-order valence-electron chi connectivity index (χ3n) is 1.87. The van der Waals surface area contributed by atoms with Crippen molar-refractivity contribution in [1.82, 2.24) is 0 Å². The van der Waals surface area contributed by atoms with E-state index in [1.54, 1.807) is 0 Å². The minimum absolute atomic E-state index is 0.0954. The van der Waals surface area contributed by atoms with Crippen molar-refractivity contribution in [3.8, 4) is 0 Å². The molecule has 102 valence electrons. The van der Waals surface area contributed by atoms with Crippen LogP contribution in [-0.4, -0.2) is 23.6 Å². The van der Waals surface area contributed by atoms with Gasteiger partial charge in [0, 0.05) is 12.1 Å². The molecule has 0 spiro atoms. The Kier molecular flexibility index (Phi) is 4.62. The van der Waals surface area contributed by atoms with Crippen LogP contribution in [0.4, 0.5) is 24.5 Å². The van der Waals surface area contributed by atoms with Crippen LogP contribution in [0.15, 0.2) is 41.9 Å². The Hall–Kier alpha value is -2.38. The molecule has 0 bridgehead atoms. The summed E-state index contributed by atoms with van der Waals surface area (Å²) in [6.45, 7) is 2.89. The van der Waals surface area contributed by atoms with Gasteiger partial charge in [-0.15, -0.1) is 0 Å². The number of non-ortho nitro benzene ring substituents is 1. The molecule has 0 aromatic heterocycles. The first-order chi connectivity index (χ1) is 8.84. The molecule has 0 saturated carbocycles. The van der Waals surface area contributed by atoms with E-state index in [0.717, 1.165) is 30.3 Å². The topological polar surface area (TPSA) is 64.7 Å². The lowest BCUT2D eigenvalue weighted by Gasteiger charge is -2.10. The molecule has 0 amide bonds. The van der Waals surface area contributed by atoms with Gasteiger partial charge in [0.25, 0.3) is 11.6 Å². The number of aliphatic imine (C=N–C) groups is 1. The lowest BCUT2D eigenvalue weighted by Crippen LogP contribution is -2.25. The van der Waals surface area contributed by atoms with Gasteiger partial charge in [0.2, 0.25) is 0 Å². The zero-order valence-electron chi connectivity index (χ0n) is 9.55. The first-order valence-corrected chi connectivity index (χ1v) is 4.98. The second-order valence-corrected chi connectivity index (χ2v) is 3.29. The zero-order chi connectivity index (χ0) is 14.5. The van der Waals surface area contributed by atoms with Gasteiger partial charge in [-0.3, -0.25) is 10.1 Å². The number of rotatable bonds is 4. The predicted octanol–water partition coefficient (Wildman–Crippen LogP) is 3.39. The molecular formula is C11H9F3N2O3. The maximum Gasteiger partial charge on any atom is 0.468 e. The monoisotopic (exact) mass is 274 g/mol. The van der Waals surface area contributed by atoms with Gasteiger partial charge >= 0.3 is 6.18 Å². The van der Waals surface area contributed by atoms with Gasteiger partial charge in [-0.25, -0.2) is 4.99 Å². The fourth-order valence-corrected chi connectivity index (χ4v) is 1.08. The highest BCUT2D eigenvalue weighted by molar-refractivity contribution is 5.84. The van der Waals surface area contributed by atoms with E-state index >= 15 is 0 Å². The maximum absolute atomic E-state index is 12.5. The SMILES string of the molecule is C=CCOC(=Nc1ccc([N+](=O)[O-])cc1)C(F)(F)F. The molecule has 0 atom stereocenters. The quantitative estimate of drug-likeness (QED) is 0.278. The minimum Gasteiger partial charge on any atom is -0.470 e. The minimum atomic E-state index is -4.75. The molecular weight excluding hydrogens is 265 g/mol. The molecule has 0 heterocycles. The van der Waals surface area contributed by atoms with Gasteiger partial charge < -0.3 is 4.74 Å². The van der Waals surface area contributed by atoms with E-state index in [2.05, 4.69) is 16.3 Å². The maximum atomic E-state index is 12.5. The van der Waals surface area contributed by atoms with Crippen molar-refractivity contribution < 1.29 is 22.8 Å². The Labute approximate surface area is 106 Å². The van der Waals surface area contributed by atoms with Crippen LogP contribution in [0.3, 0.4) is 0 Å². The summed E-state index contributed by atoms with van der Waals surface area (Å²) in [6.07, 6.45) is -3.60. The summed E-state index contributed by atoms with van der Waals surface area (Å²) in [5.41, 5.74) is -0.332. The summed E-state index contributed by atoms with van der Waals surface area (Å²) in [7, 11) is 0. The van der Waals surface area contributed by atoms with Crippen LogP contribution >= 0.6 is 0 Å². The fraction of sp³-hybridized carbons (Fsp3) is 0.182. The molecule has 1 aromatic rings. The first-order valence-electron chi connectivity index (χ1n) is 4.98. The molecule has 8 heteroatoms. The number of benzene rings is 1. The Balaban J connectivity index is 3.00. The average molecular weight is 274 g/mol. The molecule has 0 saturated heterocycles. The van der Waals surface area contributed by atoms with Crippen molar-refractivity contribution in [3.63, 3.8) is 0 Å². The Morgan fingerprint density at radius 1 is 1.42 bits per heavy atom. The molecule has 0 unspecified atom stereocenters. The number of nitrogens with zero attached hydrogens (tertiary/aromatic N) is 2. The highest BCUT2D eigenvalue weighted by atomic mass is 19.4. The van der Waals surface area contributed by atoms with E-state index < -0.39 is 17.0 Å². The number of hydrogen-bond acceptors (Lipinski definition) is 4. The number of nitro benzene ring substituents is 1. The summed E-state index contributed by atoms with van der Waals surface area (Å²) in [6, 6.07) is 4.31. The lowest BCUT2D eigenvalue weighted by atomic mass is 10.3. The van der Waals surface area contributed by atoms with Crippen molar-refractivity contribution in [2.75, 3.05) is 6.61 Å². The zero-order valence-corrected chi connectivity index (χ0v) is 9.55. The van der Waals surface area contributed by atoms with Gasteiger partial charge in [0.15, 0.2) is 0 Å². The van der Waals surface area contributed by atoms with Crippen LogP contribution in [0.2, 0.25) is 0 Å². The molecule has 0 N–H and O–H groups in total. The third-order valence-corrected chi connectivity index (χ3v) is 1.87. The Bertz CT molecular complexity index is 495. The fourth-order valence-electron chi connectivity index (χ4n) is 1.08. The molecule has 5 nitrogen and oxygen atoms in total. The molecule has 19 heavy (non-hydrogen) atoms. The summed E-state index contributed by atoms with van der Waals surface area (Å²) in [5, 5.41) is 10.4. The number of alkyl halides is 3. The molecule has 0 aliphatic rings. The van der Waals surface area contributed by atoms with Gasteiger partial charge in [-0.1, -0.05) is 12.7 Å². The number of ether oxygens (including phenoxy) is 1. The molecule has 0 aliphatic heterocycles. The number of nitro groups is 1. The molecule has 0 fully saturated rings. The highest BCUT2D eigenvalue weighted by Gasteiger charge is 2.38. The standard InChI is InChI=1S/C11H9F3N2O3/c1-2-7-19-10(11(12,13)14)15-8-3-5-9(6-4-8)16(17)18/h2-6H,1,7H2. The second kappa shape index (κ2) is 5.98. The summed E-state index contributed by atoms with van der Waals surface area (Å²) >= 11 is 0. The van der Waals surface area contributed by atoms with Gasteiger partial charge in [-0.05, 0) is 12.1 Å². The molecule has 0 radical (unpaired) electrons. The summed E-state index contributed by atoms with van der Waals surface area (Å²) < 4.78 is 42.0. The predicted molar refractivity (Wildman–Crippen MR) is 62.4 cm³/mol. The van der Waals surface area contributed by atoms with Crippen LogP contribution in [0.1, 0.15) is 0 Å². The van der Waals surface area contributed by atoms with E-state index in [4.69, 9.17) is 0 Å². The first kappa shape index (κ1) is 14.7. The van der Waals surface area contributed by atoms with Gasteiger partial charge in [-0.2, -0.15) is 13.2 Å². The largest absolute Gasteiger partial charge is 0.470 e. The van der Waals surface area contributed by atoms with Gasteiger partial charge in [0.1, 0.15) is 6.61 Å². The molecule has 1 rings (SSSR count). The number of hydrogen-bond donors (Lipinski definition) is 0.